The minimum Gasteiger partial charge on any atom is -0.428 e. The third-order valence-electron chi connectivity index (χ3n) is 4.45. The van der Waals surface area contributed by atoms with Crippen molar-refractivity contribution in [1.82, 2.24) is 10.2 Å². The van der Waals surface area contributed by atoms with Gasteiger partial charge in [-0.1, -0.05) is 38.3 Å². The summed E-state index contributed by atoms with van der Waals surface area (Å²) in [7, 11) is 0. The summed E-state index contributed by atoms with van der Waals surface area (Å²) in [5.41, 5.74) is 1.01. The topological polar surface area (TPSA) is 24.5 Å². The monoisotopic (exact) mass is 434 g/mol. The van der Waals surface area contributed by atoms with Gasteiger partial charge in [-0.2, -0.15) is 17.6 Å². The second kappa shape index (κ2) is 12.6. The lowest BCUT2D eigenvalue weighted by Crippen LogP contribution is -2.45. The molecule has 0 unspecified atom stereocenters. The zero-order valence-corrected chi connectivity index (χ0v) is 16.9. The van der Waals surface area contributed by atoms with Gasteiger partial charge in [0.25, 0.3) is 0 Å². The van der Waals surface area contributed by atoms with Crippen LogP contribution >= 0.6 is 24.8 Å². The van der Waals surface area contributed by atoms with Crippen molar-refractivity contribution in [3.8, 4) is 5.75 Å². The van der Waals surface area contributed by atoms with Crippen molar-refractivity contribution >= 4 is 24.8 Å². The average molecular weight is 435 g/mol. The van der Waals surface area contributed by atoms with Crippen molar-refractivity contribution in [2.45, 2.75) is 51.2 Å². The van der Waals surface area contributed by atoms with Crippen LogP contribution in [0.3, 0.4) is 0 Å². The van der Waals surface area contributed by atoms with Crippen LogP contribution in [0, 0.1) is 0 Å². The van der Waals surface area contributed by atoms with Crippen LogP contribution < -0.4 is 10.1 Å². The lowest BCUT2D eigenvalue weighted by Gasteiger charge is -2.35. The highest BCUT2D eigenvalue weighted by molar-refractivity contribution is 5.85. The standard InChI is InChI=1S/C18H26F4N2O.2ClH/c1-2-3-4-5-16(24-12-10-23-11-13-24)14-6-8-15(9-7-14)25-18(21,22)17(19)20;;/h6-9,16-17,23H,2-5,10-13H2,1H3;2*1H/t16-;;/m0../s1. The van der Waals surface area contributed by atoms with E-state index in [1.54, 1.807) is 12.1 Å². The fourth-order valence-corrected chi connectivity index (χ4v) is 3.10. The van der Waals surface area contributed by atoms with E-state index in [2.05, 4.69) is 21.9 Å². The number of unbranched alkanes of at least 4 members (excludes halogenated alkanes) is 2. The zero-order chi connectivity index (χ0) is 18.3. The lowest BCUT2D eigenvalue weighted by atomic mass is 9.98. The highest BCUT2D eigenvalue weighted by atomic mass is 35.5. The van der Waals surface area contributed by atoms with Crippen LogP contribution in [0.5, 0.6) is 5.75 Å². The molecular formula is C18H28Cl2F4N2O. The summed E-state index contributed by atoms with van der Waals surface area (Å²) in [4.78, 5) is 2.38. The normalized spacial score (nSPS) is 16.4. The van der Waals surface area contributed by atoms with E-state index in [0.717, 1.165) is 57.4 Å². The molecule has 1 fully saturated rings. The van der Waals surface area contributed by atoms with Crippen LogP contribution in [-0.4, -0.2) is 43.6 Å². The molecule has 1 aliphatic rings. The molecule has 3 nitrogen and oxygen atoms in total. The summed E-state index contributed by atoms with van der Waals surface area (Å²) in [6, 6.07) is 6.31. The summed E-state index contributed by atoms with van der Waals surface area (Å²) >= 11 is 0. The number of rotatable bonds is 9. The summed E-state index contributed by atoms with van der Waals surface area (Å²) < 4.78 is 54.6. The molecule has 1 aliphatic heterocycles. The Bertz CT molecular complexity index is 515. The summed E-state index contributed by atoms with van der Waals surface area (Å²) in [6.45, 7) is 5.85. The van der Waals surface area contributed by atoms with Gasteiger partial charge in [0.05, 0.1) is 0 Å². The van der Waals surface area contributed by atoms with E-state index >= 15 is 0 Å². The molecule has 0 saturated carbocycles. The van der Waals surface area contributed by atoms with Crippen LogP contribution in [0.15, 0.2) is 24.3 Å². The number of hydrogen-bond donors (Lipinski definition) is 1. The number of hydrogen-bond acceptors (Lipinski definition) is 3. The van der Waals surface area contributed by atoms with E-state index in [0.29, 0.717) is 0 Å². The van der Waals surface area contributed by atoms with Crippen molar-refractivity contribution in [2.24, 2.45) is 0 Å². The van der Waals surface area contributed by atoms with Gasteiger partial charge in [-0.05, 0) is 24.1 Å². The van der Waals surface area contributed by atoms with Gasteiger partial charge in [0.2, 0.25) is 0 Å². The third kappa shape index (κ3) is 8.02. The largest absolute Gasteiger partial charge is 0.461 e. The molecule has 0 amide bonds. The Hall–Kier alpha value is -0.760. The highest BCUT2D eigenvalue weighted by Crippen LogP contribution is 2.31. The first-order valence-corrected chi connectivity index (χ1v) is 8.83. The number of alkyl halides is 4. The second-order valence-corrected chi connectivity index (χ2v) is 6.33. The van der Waals surface area contributed by atoms with Gasteiger partial charge in [0.15, 0.2) is 0 Å². The first-order chi connectivity index (χ1) is 11.9. The van der Waals surface area contributed by atoms with Crippen molar-refractivity contribution < 1.29 is 22.3 Å². The number of benzene rings is 1. The molecule has 1 N–H and O–H groups in total. The fourth-order valence-electron chi connectivity index (χ4n) is 3.10. The first-order valence-electron chi connectivity index (χ1n) is 8.83. The Morgan fingerprint density at radius 1 is 1.07 bits per heavy atom. The van der Waals surface area contributed by atoms with Crippen LogP contribution in [0.2, 0.25) is 0 Å². The average Bonchev–Trinajstić information content (AvgIpc) is 2.60. The Balaban J connectivity index is 0.00000338. The molecule has 1 heterocycles. The van der Waals surface area contributed by atoms with Crippen LogP contribution in [0.1, 0.15) is 44.2 Å². The quantitative estimate of drug-likeness (QED) is 0.421. The van der Waals surface area contributed by atoms with Gasteiger partial charge in [-0.15, -0.1) is 24.8 Å². The molecule has 158 valence electrons. The SMILES string of the molecule is CCCCC[C@@H](c1ccc(OC(F)(F)C(F)F)cc1)N1CCNCC1.Cl.Cl. The number of nitrogens with zero attached hydrogens (tertiary/aromatic N) is 1. The molecule has 1 aromatic carbocycles. The van der Waals surface area contributed by atoms with Gasteiger partial charge in [0.1, 0.15) is 5.75 Å². The summed E-state index contributed by atoms with van der Waals surface area (Å²) in [6.07, 6.45) is -3.97. The summed E-state index contributed by atoms with van der Waals surface area (Å²) in [5.74, 6) is -0.248. The highest BCUT2D eigenvalue weighted by Gasteiger charge is 2.43. The van der Waals surface area contributed by atoms with E-state index < -0.39 is 12.5 Å². The Morgan fingerprint density at radius 3 is 2.19 bits per heavy atom. The number of piperazine rings is 1. The third-order valence-corrected chi connectivity index (χ3v) is 4.45. The second-order valence-electron chi connectivity index (χ2n) is 6.33. The zero-order valence-electron chi connectivity index (χ0n) is 15.3. The van der Waals surface area contributed by atoms with E-state index in [1.807, 2.05) is 0 Å². The minimum atomic E-state index is -4.47. The molecule has 0 aromatic heterocycles. The van der Waals surface area contributed by atoms with E-state index in [9.17, 15) is 17.6 Å². The maximum atomic E-state index is 13.0. The number of nitrogens with one attached hydrogen (secondary N) is 1. The molecule has 0 aliphatic carbocycles. The number of ether oxygens (including phenoxy) is 1. The molecule has 1 atom stereocenters. The molecule has 27 heavy (non-hydrogen) atoms. The molecule has 0 bridgehead atoms. The molecule has 0 spiro atoms. The van der Waals surface area contributed by atoms with Crippen molar-refractivity contribution in [3.63, 3.8) is 0 Å². The smallest absolute Gasteiger partial charge is 0.428 e. The van der Waals surface area contributed by atoms with E-state index in [-0.39, 0.29) is 36.6 Å². The minimum absolute atomic E-state index is 0. The maximum Gasteiger partial charge on any atom is 0.461 e. The molecular weight excluding hydrogens is 407 g/mol. The predicted molar refractivity (Wildman–Crippen MR) is 104 cm³/mol. The molecule has 0 radical (unpaired) electrons. The Labute approximate surface area is 170 Å². The van der Waals surface area contributed by atoms with Crippen molar-refractivity contribution in [3.05, 3.63) is 29.8 Å². The predicted octanol–water partition coefficient (Wildman–Crippen LogP) is 5.29. The van der Waals surface area contributed by atoms with E-state index in [1.165, 1.54) is 12.1 Å². The van der Waals surface area contributed by atoms with E-state index in [4.69, 9.17) is 0 Å². The number of halogens is 6. The molecule has 1 aromatic rings. The van der Waals surface area contributed by atoms with Gasteiger partial charge in [-0.25, -0.2) is 0 Å². The van der Waals surface area contributed by atoms with Crippen LogP contribution in [-0.2, 0) is 0 Å². The van der Waals surface area contributed by atoms with Gasteiger partial charge < -0.3 is 10.1 Å². The fraction of sp³-hybridized carbons (Fsp3) is 0.667. The van der Waals surface area contributed by atoms with Gasteiger partial charge in [0, 0.05) is 32.2 Å². The lowest BCUT2D eigenvalue weighted by molar-refractivity contribution is -0.253. The Kier molecular flexibility index (Phi) is 12.3. The van der Waals surface area contributed by atoms with Crippen LogP contribution in [0.4, 0.5) is 17.6 Å². The summed E-state index contributed by atoms with van der Waals surface area (Å²) in [5, 5.41) is 3.32. The van der Waals surface area contributed by atoms with Crippen LogP contribution in [0.25, 0.3) is 0 Å². The molecule has 1 saturated heterocycles. The molecule has 9 heteroatoms. The van der Waals surface area contributed by atoms with Crippen molar-refractivity contribution in [2.75, 3.05) is 26.2 Å². The van der Waals surface area contributed by atoms with Gasteiger partial charge >= 0.3 is 12.5 Å². The molecule has 2 rings (SSSR count). The maximum absolute atomic E-state index is 13.0. The van der Waals surface area contributed by atoms with Crippen molar-refractivity contribution in [1.29, 1.82) is 0 Å². The Morgan fingerprint density at radius 2 is 1.67 bits per heavy atom. The first kappa shape index (κ1) is 26.2. The van der Waals surface area contributed by atoms with Gasteiger partial charge in [-0.3, -0.25) is 4.90 Å².